The number of fused-ring (bicyclic) bond motifs is 1. The summed E-state index contributed by atoms with van der Waals surface area (Å²) < 4.78 is 0. The second kappa shape index (κ2) is 7.27. The molecule has 0 aliphatic rings. The largest absolute Gasteiger partial charge is 0.292 e. The van der Waals surface area contributed by atoms with Crippen LogP contribution in [-0.4, -0.2) is 22.6 Å². The number of para-hydroxylation sites is 1. The predicted molar refractivity (Wildman–Crippen MR) is 96.1 cm³/mol. The Kier molecular flexibility index (Phi) is 4.91. The predicted octanol–water partition coefficient (Wildman–Crippen LogP) is 3.59. The van der Waals surface area contributed by atoms with Gasteiger partial charge in [0.15, 0.2) is 0 Å². The molecule has 0 unspecified atom stereocenters. The van der Waals surface area contributed by atoms with Crippen LogP contribution in [0.5, 0.6) is 0 Å². The molecule has 24 heavy (non-hydrogen) atoms. The third-order valence-corrected chi connectivity index (χ3v) is 4.45. The molecular formula is C19H16N2O2S. The summed E-state index contributed by atoms with van der Waals surface area (Å²) in [5, 5.41) is 4.27. The van der Waals surface area contributed by atoms with E-state index in [1.54, 1.807) is 24.3 Å². The summed E-state index contributed by atoms with van der Waals surface area (Å²) in [5.74, 6) is -0.575. The van der Waals surface area contributed by atoms with Crippen LogP contribution in [0, 0.1) is 6.92 Å². The fourth-order valence-corrected chi connectivity index (χ4v) is 3.13. The monoisotopic (exact) mass is 336 g/mol. The number of thioether (sulfide) groups is 1. The Morgan fingerprint density at radius 1 is 1.04 bits per heavy atom. The Labute approximate surface area is 144 Å². The van der Waals surface area contributed by atoms with Crippen LogP contribution in [0.4, 0.5) is 0 Å². The minimum Gasteiger partial charge on any atom is -0.292 e. The first-order valence-electron chi connectivity index (χ1n) is 7.52. The number of aromatic nitrogens is 1. The molecule has 0 saturated carbocycles. The smallest absolute Gasteiger partial charge is 0.257 e. The van der Waals surface area contributed by atoms with Gasteiger partial charge in [-0.2, -0.15) is 0 Å². The van der Waals surface area contributed by atoms with Gasteiger partial charge in [0, 0.05) is 10.9 Å². The molecule has 1 aromatic heterocycles. The summed E-state index contributed by atoms with van der Waals surface area (Å²) in [6.07, 6.45) is 0. The second-order valence-corrected chi connectivity index (χ2v) is 6.32. The van der Waals surface area contributed by atoms with Crippen molar-refractivity contribution in [2.75, 3.05) is 5.75 Å². The number of rotatable bonds is 4. The lowest BCUT2D eigenvalue weighted by atomic mass is 10.1. The molecular weight excluding hydrogens is 320 g/mol. The number of benzene rings is 2. The van der Waals surface area contributed by atoms with Gasteiger partial charge in [-0.3, -0.25) is 14.9 Å². The van der Waals surface area contributed by atoms with Crippen molar-refractivity contribution in [3.05, 3.63) is 71.8 Å². The van der Waals surface area contributed by atoms with Crippen molar-refractivity contribution >= 4 is 34.5 Å². The zero-order valence-electron chi connectivity index (χ0n) is 13.2. The minimum atomic E-state index is -0.385. The first kappa shape index (κ1) is 16.2. The van der Waals surface area contributed by atoms with Crippen LogP contribution >= 0.6 is 11.8 Å². The summed E-state index contributed by atoms with van der Waals surface area (Å²) in [6, 6.07) is 18.5. The second-order valence-electron chi connectivity index (χ2n) is 5.33. The van der Waals surface area contributed by atoms with E-state index in [1.807, 2.05) is 43.3 Å². The molecule has 3 rings (SSSR count). The highest BCUT2D eigenvalue weighted by molar-refractivity contribution is 7.99. The minimum absolute atomic E-state index is 0.142. The molecule has 0 atom stereocenters. The van der Waals surface area contributed by atoms with Gasteiger partial charge in [0.1, 0.15) is 0 Å². The van der Waals surface area contributed by atoms with E-state index in [9.17, 15) is 9.59 Å². The quantitative estimate of drug-likeness (QED) is 0.740. The molecule has 2 amide bonds. The van der Waals surface area contributed by atoms with Gasteiger partial charge in [-0.25, -0.2) is 4.98 Å². The fraction of sp³-hybridized carbons (Fsp3) is 0.105. The van der Waals surface area contributed by atoms with Crippen molar-refractivity contribution in [3.63, 3.8) is 0 Å². The number of imide groups is 1. The third-order valence-electron chi connectivity index (χ3n) is 3.54. The average Bonchev–Trinajstić information content (AvgIpc) is 2.61. The van der Waals surface area contributed by atoms with Gasteiger partial charge < -0.3 is 0 Å². The summed E-state index contributed by atoms with van der Waals surface area (Å²) in [4.78, 5) is 28.4. The van der Waals surface area contributed by atoms with Crippen molar-refractivity contribution in [2.45, 2.75) is 11.9 Å². The summed E-state index contributed by atoms with van der Waals surface area (Å²) in [5.41, 5.74) is 2.49. The van der Waals surface area contributed by atoms with E-state index in [4.69, 9.17) is 0 Å². The fourth-order valence-electron chi connectivity index (χ4n) is 2.36. The number of hydrogen-bond donors (Lipinski definition) is 1. The molecule has 0 radical (unpaired) electrons. The van der Waals surface area contributed by atoms with Crippen LogP contribution in [0.1, 0.15) is 15.9 Å². The molecule has 120 valence electrons. The molecule has 0 aliphatic carbocycles. The van der Waals surface area contributed by atoms with Crippen molar-refractivity contribution in [2.24, 2.45) is 0 Å². The number of aryl methyl sites for hydroxylation is 1. The van der Waals surface area contributed by atoms with E-state index < -0.39 is 0 Å². The number of pyridine rings is 1. The summed E-state index contributed by atoms with van der Waals surface area (Å²) in [7, 11) is 0. The molecule has 0 aliphatic heterocycles. The Morgan fingerprint density at radius 3 is 2.54 bits per heavy atom. The Hall–Kier alpha value is -2.66. The number of carbonyl (C=O) groups excluding carboxylic acids is 2. The molecule has 0 saturated heterocycles. The average molecular weight is 336 g/mol. The number of amides is 2. The highest BCUT2D eigenvalue weighted by atomic mass is 32.2. The Balaban J connectivity index is 1.63. The molecule has 2 aromatic carbocycles. The van der Waals surface area contributed by atoms with Crippen LogP contribution in [-0.2, 0) is 4.79 Å². The molecule has 0 fully saturated rings. The summed E-state index contributed by atoms with van der Waals surface area (Å²) in [6.45, 7) is 2.02. The third kappa shape index (κ3) is 3.81. The first-order chi connectivity index (χ1) is 11.6. The highest BCUT2D eigenvalue weighted by Crippen LogP contribution is 2.23. The van der Waals surface area contributed by atoms with E-state index in [0.29, 0.717) is 5.56 Å². The number of nitrogens with zero attached hydrogens (tertiary/aromatic N) is 1. The maximum Gasteiger partial charge on any atom is 0.257 e. The number of nitrogens with one attached hydrogen (secondary N) is 1. The van der Waals surface area contributed by atoms with Crippen molar-refractivity contribution < 1.29 is 9.59 Å². The SMILES string of the molecule is Cc1cc(SCC(=O)NC(=O)c2ccccc2)nc2ccccc12. The molecule has 0 bridgehead atoms. The first-order valence-corrected chi connectivity index (χ1v) is 8.50. The standard InChI is InChI=1S/C19H16N2O2S/c1-13-11-18(20-16-10-6-5-9-15(13)16)24-12-17(22)21-19(23)14-7-3-2-4-8-14/h2-11H,12H2,1H3,(H,21,22,23). The van der Waals surface area contributed by atoms with Crippen molar-refractivity contribution in [1.82, 2.24) is 10.3 Å². The molecule has 1 heterocycles. The number of hydrogen-bond acceptors (Lipinski definition) is 4. The molecule has 3 aromatic rings. The van der Waals surface area contributed by atoms with Crippen LogP contribution in [0.3, 0.4) is 0 Å². The topological polar surface area (TPSA) is 59.1 Å². The highest BCUT2D eigenvalue weighted by Gasteiger charge is 2.11. The van der Waals surface area contributed by atoms with Gasteiger partial charge in [-0.05, 0) is 36.8 Å². The molecule has 5 heteroatoms. The van der Waals surface area contributed by atoms with E-state index >= 15 is 0 Å². The normalized spacial score (nSPS) is 10.5. The molecule has 1 N–H and O–H groups in total. The lowest BCUT2D eigenvalue weighted by Gasteiger charge is -2.07. The van der Waals surface area contributed by atoms with Gasteiger partial charge in [0.2, 0.25) is 5.91 Å². The zero-order chi connectivity index (χ0) is 16.9. The van der Waals surface area contributed by atoms with Gasteiger partial charge in [-0.1, -0.05) is 48.2 Å². The van der Waals surface area contributed by atoms with E-state index in [0.717, 1.165) is 21.5 Å². The van der Waals surface area contributed by atoms with Gasteiger partial charge in [0.25, 0.3) is 5.91 Å². The van der Waals surface area contributed by atoms with E-state index in [2.05, 4.69) is 10.3 Å². The van der Waals surface area contributed by atoms with E-state index in [1.165, 1.54) is 11.8 Å². The maximum absolute atomic E-state index is 12.0. The van der Waals surface area contributed by atoms with Crippen molar-refractivity contribution in [3.8, 4) is 0 Å². The Morgan fingerprint density at radius 2 is 1.75 bits per heavy atom. The molecule has 0 spiro atoms. The van der Waals surface area contributed by atoms with Crippen LogP contribution < -0.4 is 5.32 Å². The lowest BCUT2D eigenvalue weighted by molar-refractivity contribution is -0.117. The van der Waals surface area contributed by atoms with Gasteiger partial charge >= 0.3 is 0 Å². The van der Waals surface area contributed by atoms with Gasteiger partial charge in [0.05, 0.1) is 16.3 Å². The number of carbonyl (C=O) groups is 2. The maximum atomic E-state index is 12.0. The van der Waals surface area contributed by atoms with Crippen molar-refractivity contribution in [1.29, 1.82) is 0 Å². The Bertz CT molecular complexity index is 894. The van der Waals surface area contributed by atoms with Crippen LogP contribution in [0.25, 0.3) is 10.9 Å². The lowest BCUT2D eigenvalue weighted by Crippen LogP contribution is -2.31. The van der Waals surface area contributed by atoms with Crippen LogP contribution in [0.15, 0.2) is 65.7 Å². The summed E-state index contributed by atoms with van der Waals surface area (Å²) >= 11 is 1.32. The molecule has 4 nitrogen and oxygen atoms in total. The van der Waals surface area contributed by atoms with Crippen LogP contribution in [0.2, 0.25) is 0 Å². The van der Waals surface area contributed by atoms with E-state index in [-0.39, 0.29) is 17.6 Å². The van der Waals surface area contributed by atoms with Gasteiger partial charge in [-0.15, -0.1) is 0 Å². The zero-order valence-corrected chi connectivity index (χ0v) is 14.0.